The second-order valence-corrected chi connectivity index (χ2v) is 17.7. The number of allylic oxidation sites excluding steroid dienone is 14. The van der Waals surface area contributed by atoms with Crippen LogP contribution in [0.15, 0.2) is 85.1 Å². The molecule has 0 rings (SSSR count). The van der Waals surface area contributed by atoms with Crippen molar-refractivity contribution in [2.75, 3.05) is 33.0 Å². The second kappa shape index (κ2) is 49.7. The monoisotopic (exact) mass is 888 g/mol. The Balaban J connectivity index is 4.00. The van der Waals surface area contributed by atoms with E-state index in [1.807, 2.05) is 0 Å². The molecule has 0 aromatic carbocycles. The molecule has 0 saturated heterocycles. The van der Waals surface area contributed by atoms with Crippen LogP contribution in [0, 0.1) is 0 Å². The van der Waals surface area contributed by atoms with Crippen molar-refractivity contribution in [2.45, 2.75) is 213 Å². The van der Waals surface area contributed by atoms with Crippen molar-refractivity contribution in [2.24, 2.45) is 5.73 Å². The highest BCUT2D eigenvalue weighted by Crippen LogP contribution is 2.43. The molecule has 8 nitrogen and oxygen atoms in total. The molecular weight excluding hydrogens is 794 g/mol. The molecule has 62 heavy (non-hydrogen) atoms. The average molecular weight is 888 g/mol. The van der Waals surface area contributed by atoms with E-state index in [4.69, 9.17) is 24.3 Å². The Kier molecular flexibility index (Phi) is 47.8. The maximum absolute atomic E-state index is 12.7. The number of carbonyl (C=O) groups excluding carboxylic acids is 1. The summed E-state index contributed by atoms with van der Waals surface area (Å²) in [6.45, 7) is 4.75. The predicted octanol–water partition coefficient (Wildman–Crippen LogP) is 15.6. The lowest BCUT2D eigenvalue weighted by atomic mass is 10.0. The summed E-state index contributed by atoms with van der Waals surface area (Å²) in [4.78, 5) is 22.6. The molecule has 0 spiro atoms. The van der Waals surface area contributed by atoms with E-state index in [2.05, 4.69) is 98.9 Å². The van der Waals surface area contributed by atoms with Gasteiger partial charge in [0, 0.05) is 19.6 Å². The Hall–Kier alpha value is -2.32. The molecule has 0 aliphatic carbocycles. The Morgan fingerprint density at radius 1 is 0.500 bits per heavy atom. The van der Waals surface area contributed by atoms with Gasteiger partial charge in [-0.2, -0.15) is 0 Å². The van der Waals surface area contributed by atoms with E-state index in [0.717, 1.165) is 77.0 Å². The van der Waals surface area contributed by atoms with E-state index in [9.17, 15) is 14.3 Å². The molecule has 0 saturated carbocycles. The van der Waals surface area contributed by atoms with Crippen molar-refractivity contribution in [3.8, 4) is 0 Å². The van der Waals surface area contributed by atoms with Gasteiger partial charge in [-0.3, -0.25) is 13.8 Å². The van der Waals surface area contributed by atoms with Crippen LogP contribution in [-0.4, -0.2) is 49.9 Å². The fraction of sp³-hybridized carbons (Fsp3) is 0.717. The fourth-order valence-electron chi connectivity index (χ4n) is 6.64. The standard InChI is InChI=1S/C53H94NO7P/c1-3-5-7-9-11-13-15-17-19-21-23-25-26-27-28-30-32-34-36-38-40-42-44-46-53(55)61-52(51-60-62(56,57)59-49-47-54)50-58-48-45-43-41-39-37-35-33-31-29-24-22-20-18-16-14-12-10-8-6-4-2/h5,7,11-14,17-20,23-25,29,52H,3-4,6,8-10,15-16,21-22,26-28,30-51,54H2,1-2H3,(H,56,57)/b7-5-,13-11-,14-12-,19-17-,20-18-,25-23-,29-24-. The van der Waals surface area contributed by atoms with Crippen LogP contribution in [0.3, 0.4) is 0 Å². The molecule has 0 heterocycles. The molecule has 0 bridgehead atoms. The molecule has 0 aliphatic rings. The van der Waals surface area contributed by atoms with Crippen molar-refractivity contribution in [1.29, 1.82) is 0 Å². The van der Waals surface area contributed by atoms with Crippen molar-refractivity contribution >= 4 is 13.8 Å². The highest BCUT2D eigenvalue weighted by Gasteiger charge is 2.25. The minimum Gasteiger partial charge on any atom is -0.457 e. The zero-order valence-electron chi connectivity index (χ0n) is 39.8. The van der Waals surface area contributed by atoms with Gasteiger partial charge in [0.25, 0.3) is 0 Å². The third-order valence-electron chi connectivity index (χ3n) is 10.3. The fourth-order valence-corrected chi connectivity index (χ4v) is 7.41. The highest BCUT2D eigenvalue weighted by molar-refractivity contribution is 7.47. The third-order valence-corrected chi connectivity index (χ3v) is 11.3. The van der Waals surface area contributed by atoms with Gasteiger partial charge in [-0.15, -0.1) is 0 Å². The summed E-state index contributed by atoms with van der Waals surface area (Å²) in [6, 6.07) is 0. The Morgan fingerprint density at radius 3 is 1.35 bits per heavy atom. The van der Waals surface area contributed by atoms with Gasteiger partial charge in [0.2, 0.25) is 0 Å². The summed E-state index contributed by atoms with van der Waals surface area (Å²) < 4.78 is 33.6. The zero-order chi connectivity index (χ0) is 45.1. The summed E-state index contributed by atoms with van der Waals surface area (Å²) >= 11 is 0. The van der Waals surface area contributed by atoms with Gasteiger partial charge in [-0.05, 0) is 89.9 Å². The van der Waals surface area contributed by atoms with Crippen LogP contribution >= 0.6 is 7.82 Å². The Morgan fingerprint density at radius 2 is 0.903 bits per heavy atom. The van der Waals surface area contributed by atoms with E-state index in [0.29, 0.717) is 13.0 Å². The van der Waals surface area contributed by atoms with Crippen LogP contribution < -0.4 is 5.73 Å². The molecule has 3 N–H and O–H groups in total. The summed E-state index contributed by atoms with van der Waals surface area (Å²) in [5.74, 6) is -0.341. The average Bonchev–Trinajstić information content (AvgIpc) is 3.26. The molecule has 0 fully saturated rings. The van der Waals surface area contributed by atoms with Gasteiger partial charge in [-0.1, -0.05) is 195 Å². The number of hydrogen-bond donors (Lipinski definition) is 2. The Bertz CT molecular complexity index is 1220. The van der Waals surface area contributed by atoms with Gasteiger partial charge in [0.05, 0.1) is 19.8 Å². The van der Waals surface area contributed by atoms with E-state index >= 15 is 0 Å². The lowest BCUT2D eigenvalue weighted by Gasteiger charge is -2.20. The topological polar surface area (TPSA) is 117 Å². The number of phosphoric acid groups is 1. The van der Waals surface area contributed by atoms with Crippen LogP contribution in [0.5, 0.6) is 0 Å². The first-order valence-electron chi connectivity index (χ1n) is 25.1. The molecule has 0 aromatic rings. The quantitative estimate of drug-likeness (QED) is 0.0269. The summed E-state index contributed by atoms with van der Waals surface area (Å²) in [7, 11) is -4.29. The number of phosphoric ester groups is 1. The van der Waals surface area contributed by atoms with Gasteiger partial charge in [0.15, 0.2) is 0 Å². The Labute approximate surface area is 381 Å². The van der Waals surface area contributed by atoms with Gasteiger partial charge in [0.1, 0.15) is 6.10 Å². The lowest BCUT2D eigenvalue weighted by Crippen LogP contribution is -2.28. The zero-order valence-corrected chi connectivity index (χ0v) is 40.7. The van der Waals surface area contributed by atoms with Crippen molar-refractivity contribution < 1.29 is 32.8 Å². The van der Waals surface area contributed by atoms with Crippen molar-refractivity contribution in [3.63, 3.8) is 0 Å². The predicted molar refractivity (Wildman–Crippen MR) is 265 cm³/mol. The summed E-state index contributed by atoms with van der Waals surface area (Å²) in [6.07, 6.45) is 64.6. The first kappa shape index (κ1) is 59.7. The van der Waals surface area contributed by atoms with Crippen LogP contribution in [0.2, 0.25) is 0 Å². The number of unbranched alkanes of at least 4 members (excludes halogenated alkanes) is 20. The molecule has 0 aliphatic heterocycles. The molecule has 358 valence electrons. The SMILES string of the molecule is CC/C=C\C/C=C\C/C=C\C/C=C\CCCCCCCCCCCCC(=O)OC(COCCCCCCCCC/C=C\C/C=C\C/C=C\CCCCC)COP(=O)(O)OCCN. The van der Waals surface area contributed by atoms with E-state index in [1.54, 1.807) is 0 Å². The number of hydrogen-bond acceptors (Lipinski definition) is 7. The number of ether oxygens (including phenoxy) is 2. The maximum Gasteiger partial charge on any atom is 0.472 e. The van der Waals surface area contributed by atoms with Gasteiger partial charge >= 0.3 is 13.8 Å². The first-order chi connectivity index (χ1) is 30.4. The molecule has 0 radical (unpaired) electrons. The molecule has 2 atom stereocenters. The van der Waals surface area contributed by atoms with Crippen molar-refractivity contribution in [3.05, 3.63) is 85.1 Å². The molecule has 0 aromatic heterocycles. The van der Waals surface area contributed by atoms with Gasteiger partial charge in [-0.25, -0.2) is 4.57 Å². The number of esters is 1. The third kappa shape index (κ3) is 48.7. The van der Waals surface area contributed by atoms with Gasteiger partial charge < -0.3 is 20.1 Å². The van der Waals surface area contributed by atoms with E-state index in [1.165, 1.54) is 109 Å². The van der Waals surface area contributed by atoms with Crippen LogP contribution in [0.1, 0.15) is 206 Å². The minimum atomic E-state index is -4.29. The van der Waals surface area contributed by atoms with E-state index < -0.39 is 13.9 Å². The molecule has 2 unspecified atom stereocenters. The van der Waals surface area contributed by atoms with Crippen LogP contribution in [0.4, 0.5) is 0 Å². The smallest absolute Gasteiger partial charge is 0.457 e. The van der Waals surface area contributed by atoms with Crippen LogP contribution in [-0.2, 0) is 27.9 Å². The number of rotatable bonds is 47. The largest absolute Gasteiger partial charge is 0.472 e. The molecule has 0 amide bonds. The number of nitrogens with two attached hydrogens (primary N) is 1. The maximum atomic E-state index is 12.7. The lowest BCUT2D eigenvalue weighted by molar-refractivity contribution is -0.154. The minimum absolute atomic E-state index is 0.0937. The highest BCUT2D eigenvalue weighted by atomic mass is 31.2. The molecule has 9 heteroatoms. The molecular formula is C53H94NO7P. The summed E-state index contributed by atoms with van der Waals surface area (Å²) in [5, 5.41) is 0. The van der Waals surface area contributed by atoms with Crippen molar-refractivity contribution in [1.82, 2.24) is 0 Å². The van der Waals surface area contributed by atoms with Crippen LogP contribution in [0.25, 0.3) is 0 Å². The first-order valence-corrected chi connectivity index (χ1v) is 26.6. The second-order valence-electron chi connectivity index (χ2n) is 16.3. The summed E-state index contributed by atoms with van der Waals surface area (Å²) in [5.41, 5.74) is 5.39. The van der Waals surface area contributed by atoms with E-state index in [-0.39, 0.29) is 32.3 Å². The number of carbonyl (C=O) groups is 1. The normalized spacial score (nSPS) is 14.1.